The summed E-state index contributed by atoms with van der Waals surface area (Å²) in [6.45, 7) is 3.72. The van der Waals surface area contributed by atoms with Crippen LogP contribution in [-0.2, 0) is 9.53 Å². The maximum absolute atomic E-state index is 12.9. The van der Waals surface area contributed by atoms with Gasteiger partial charge in [0.15, 0.2) is 5.13 Å². The molecule has 3 heterocycles. The molecule has 0 atom stereocenters. The number of anilines is 3. The fraction of sp³-hybridized carbons (Fsp3) is 0.318. The lowest BCUT2D eigenvalue weighted by molar-refractivity contribution is -0.117. The van der Waals surface area contributed by atoms with Crippen LogP contribution in [0.3, 0.4) is 0 Å². The van der Waals surface area contributed by atoms with Crippen molar-refractivity contribution in [1.82, 2.24) is 4.98 Å². The molecular formula is C22H21ClN4O3S. The molecular weight excluding hydrogens is 436 g/mol. The Hall–Kier alpha value is -2.68. The lowest BCUT2D eigenvalue weighted by Crippen LogP contribution is -2.36. The van der Waals surface area contributed by atoms with Gasteiger partial charge in [0.25, 0.3) is 5.91 Å². The number of hydrogen-bond acceptors (Lipinski definition) is 6. The third-order valence-corrected chi connectivity index (χ3v) is 6.89. The third-order valence-electron chi connectivity index (χ3n) is 5.49. The lowest BCUT2D eigenvalue weighted by Gasteiger charge is -2.25. The SMILES string of the molecule is O=C(Nc1ccc2nc(N3CCOCC3)sc2c1)c1ccc(Cl)c(N2CCCC2=O)c1. The highest BCUT2D eigenvalue weighted by molar-refractivity contribution is 7.22. The van der Waals surface area contributed by atoms with Gasteiger partial charge in [-0.3, -0.25) is 9.59 Å². The number of hydrogen-bond donors (Lipinski definition) is 1. The summed E-state index contributed by atoms with van der Waals surface area (Å²) in [6, 6.07) is 10.7. The fourth-order valence-electron chi connectivity index (χ4n) is 3.85. The number of ether oxygens (including phenoxy) is 1. The summed E-state index contributed by atoms with van der Waals surface area (Å²) >= 11 is 7.90. The van der Waals surface area contributed by atoms with E-state index in [0.29, 0.717) is 48.1 Å². The number of nitrogens with one attached hydrogen (secondary N) is 1. The molecule has 7 nitrogen and oxygen atoms in total. The molecule has 0 unspecified atom stereocenters. The topological polar surface area (TPSA) is 74.8 Å². The Labute approximate surface area is 188 Å². The fourth-order valence-corrected chi connectivity index (χ4v) is 5.12. The molecule has 160 valence electrons. The van der Waals surface area contributed by atoms with E-state index in [1.807, 2.05) is 18.2 Å². The highest BCUT2D eigenvalue weighted by atomic mass is 35.5. The maximum Gasteiger partial charge on any atom is 0.255 e. The third kappa shape index (κ3) is 4.11. The minimum Gasteiger partial charge on any atom is -0.378 e. The highest BCUT2D eigenvalue weighted by Gasteiger charge is 2.24. The molecule has 31 heavy (non-hydrogen) atoms. The van der Waals surface area contributed by atoms with E-state index in [2.05, 4.69) is 10.2 Å². The van der Waals surface area contributed by atoms with Crippen LogP contribution in [0.4, 0.5) is 16.5 Å². The maximum atomic E-state index is 12.9. The molecule has 1 N–H and O–H groups in total. The summed E-state index contributed by atoms with van der Waals surface area (Å²) in [7, 11) is 0. The molecule has 2 aliphatic heterocycles. The molecule has 0 saturated carbocycles. The quantitative estimate of drug-likeness (QED) is 0.637. The minimum absolute atomic E-state index is 0.0335. The number of nitrogens with zero attached hydrogens (tertiary/aromatic N) is 3. The van der Waals surface area contributed by atoms with Crippen LogP contribution in [0.5, 0.6) is 0 Å². The molecule has 0 aliphatic carbocycles. The van der Waals surface area contributed by atoms with Crippen LogP contribution in [0.15, 0.2) is 36.4 Å². The molecule has 3 aromatic rings. The second-order valence-electron chi connectivity index (χ2n) is 7.55. The highest BCUT2D eigenvalue weighted by Crippen LogP contribution is 2.33. The van der Waals surface area contributed by atoms with E-state index in [1.165, 1.54) is 0 Å². The first-order valence-electron chi connectivity index (χ1n) is 10.2. The van der Waals surface area contributed by atoms with Crippen LogP contribution in [-0.4, -0.2) is 49.6 Å². The summed E-state index contributed by atoms with van der Waals surface area (Å²) in [4.78, 5) is 33.5. The van der Waals surface area contributed by atoms with Crippen molar-refractivity contribution in [3.63, 3.8) is 0 Å². The van der Waals surface area contributed by atoms with Gasteiger partial charge in [-0.2, -0.15) is 0 Å². The summed E-state index contributed by atoms with van der Waals surface area (Å²) < 4.78 is 6.42. The van der Waals surface area contributed by atoms with Crippen LogP contribution in [0, 0.1) is 0 Å². The van der Waals surface area contributed by atoms with E-state index in [4.69, 9.17) is 21.3 Å². The van der Waals surface area contributed by atoms with E-state index in [9.17, 15) is 9.59 Å². The van der Waals surface area contributed by atoms with E-state index in [1.54, 1.807) is 34.4 Å². The van der Waals surface area contributed by atoms with Gasteiger partial charge in [0, 0.05) is 37.3 Å². The van der Waals surface area contributed by atoms with E-state index < -0.39 is 0 Å². The minimum atomic E-state index is -0.248. The Balaban J connectivity index is 1.35. The van der Waals surface area contributed by atoms with Crippen LogP contribution < -0.4 is 15.1 Å². The molecule has 0 bridgehead atoms. The molecule has 2 saturated heterocycles. The van der Waals surface area contributed by atoms with Crippen LogP contribution >= 0.6 is 22.9 Å². The number of carbonyl (C=O) groups excluding carboxylic acids is 2. The second-order valence-corrected chi connectivity index (χ2v) is 8.96. The van der Waals surface area contributed by atoms with Gasteiger partial charge in [0.1, 0.15) is 0 Å². The van der Waals surface area contributed by atoms with Crippen molar-refractivity contribution in [3.8, 4) is 0 Å². The van der Waals surface area contributed by atoms with E-state index >= 15 is 0 Å². The number of fused-ring (bicyclic) bond motifs is 1. The molecule has 2 aromatic carbocycles. The van der Waals surface area contributed by atoms with E-state index in [0.717, 1.165) is 34.9 Å². The summed E-state index contributed by atoms with van der Waals surface area (Å²) in [5, 5.41) is 4.39. The molecule has 9 heteroatoms. The lowest BCUT2D eigenvalue weighted by atomic mass is 10.1. The predicted octanol–water partition coefficient (Wildman–Crippen LogP) is 4.17. The average Bonchev–Trinajstić information content (AvgIpc) is 3.40. The normalized spacial score (nSPS) is 16.9. The van der Waals surface area contributed by atoms with Gasteiger partial charge >= 0.3 is 0 Å². The van der Waals surface area contributed by atoms with Crippen LogP contribution in [0.2, 0.25) is 5.02 Å². The van der Waals surface area contributed by atoms with Gasteiger partial charge in [0.2, 0.25) is 5.91 Å². The molecule has 2 fully saturated rings. The molecule has 0 radical (unpaired) electrons. The number of aromatic nitrogens is 1. The zero-order valence-electron chi connectivity index (χ0n) is 16.8. The van der Waals surface area contributed by atoms with E-state index in [-0.39, 0.29) is 11.8 Å². The number of thiazole rings is 1. The number of amides is 2. The molecule has 0 spiro atoms. The molecule has 2 aliphatic rings. The molecule has 2 amide bonds. The van der Waals surface area contributed by atoms with Crippen molar-refractivity contribution in [1.29, 1.82) is 0 Å². The summed E-state index contributed by atoms with van der Waals surface area (Å²) in [5.74, 6) is -0.215. The molecule has 5 rings (SSSR count). The number of benzene rings is 2. The Morgan fingerprint density at radius 2 is 1.97 bits per heavy atom. The van der Waals surface area contributed by atoms with Crippen LogP contribution in [0.1, 0.15) is 23.2 Å². The monoisotopic (exact) mass is 456 g/mol. The zero-order valence-corrected chi connectivity index (χ0v) is 18.3. The van der Waals surface area contributed by atoms with Gasteiger partial charge in [-0.25, -0.2) is 4.98 Å². The zero-order chi connectivity index (χ0) is 21.4. The number of halogens is 1. The van der Waals surface area contributed by atoms with Gasteiger partial charge in [0.05, 0.1) is 34.1 Å². The van der Waals surface area contributed by atoms with Crippen LogP contribution in [0.25, 0.3) is 10.2 Å². The smallest absolute Gasteiger partial charge is 0.255 e. The Morgan fingerprint density at radius 3 is 2.74 bits per heavy atom. The van der Waals surface area contributed by atoms with Crippen molar-refractivity contribution in [3.05, 3.63) is 47.0 Å². The van der Waals surface area contributed by atoms with Gasteiger partial charge in [-0.1, -0.05) is 22.9 Å². The standard InChI is InChI=1S/C22H21ClN4O3S/c23-16-5-3-14(12-18(16)27-7-1-2-20(27)28)21(29)24-15-4-6-17-19(13-15)31-22(25-17)26-8-10-30-11-9-26/h3-6,12-13H,1-2,7-11H2,(H,24,29). The number of morpholine rings is 1. The summed E-state index contributed by atoms with van der Waals surface area (Å²) in [6.07, 6.45) is 1.31. The van der Waals surface area contributed by atoms with Crippen molar-refractivity contribution < 1.29 is 14.3 Å². The number of carbonyl (C=O) groups is 2. The molecule has 1 aromatic heterocycles. The predicted molar refractivity (Wildman–Crippen MR) is 124 cm³/mol. The van der Waals surface area contributed by atoms with Crippen molar-refractivity contribution in [2.45, 2.75) is 12.8 Å². The van der Waals surface area contributed by atoms with Crippen molar-refractivity contribution in [2.75, 3.05) is 48.0 Å². The second kappa shape index (κ2) is 8.45. The Bertz CT molecular complexity index is 1160. The van der Waals surface area contributed by atoms with Gasteiger partial charge in [-0.15, -0.1) is 0 Å². The van der Waals surface area contributed by atoms with Crippen molar-refractivity contribution in [2.24, 2.45) is 0 Å². The van der Waals surface area contributed by atoms with Gasteiger partial charge in [-0.05, 0) is 42.8 Å². The Morgan fingerprint density at radius 1 is 1.13 bits per heavy atom. The largest absolute Gasteiger partial charge is 0.378 e. The average molecular weight is 457 g/mol. The van der Waals surface area contributed by atoms with Gasteiger partial charge < -0.3 is 19.9 Å². The summed E-state index contributed by atoms with van der Waals surface area (Å²) in [5.41, 5.74) is 2.65. The first kappa shape index (κ1) is 20.2. The first-order valence-corrected chi connectivity index (χ1v) is 11.4. The number of rotatable bonds is 4. The Kier molecular flexibility index (Phi) is 5.52. The first-order chi connectivity index (χ1) is 15.1. The van der Waals surface area contributed by atoms with Crippen molar-refractivity contribution >= 4 is 61.5 Å².